The van der Waals surface area contributed by atoms with Crippen molar-refractivity contribution >= 4 is 10.9 Å². The van der Waals surface area contributed by atoms with Crippen molar-refractivity contribution in [2.75, 3.05) is 7.11 Å². The lowest BCUT2D eigenvalue weighted by molar-refractivity contribution is 0.399. The van der Waals surface area contributed by atoms with Crippen LogP contribution in [0.3, 0.4) is 0 Å². The van der Waals surface area contributed by atoms with Crippen molar-refractivity contribution in [3.8, 4) is 5.88 Å². The minimum Gasteiger partial charge on any atom is -0.481 e. The van der Waals surface area contributed by atoms with Gasteiger partial charge in [-0.1, -0.05) is 0 Å². The molecule has 3 heteroatoms. The molecule has 2 rings (SSSR count). The van der Waals surface area contributed by atoms with Gasteiger partial charge in [-0.2, -0.15) is 0 Å². The van der Waals surface area contributed by atoms with Gasteiger partial charge in [-0.25, -0.2) is 9.37 Å². The van der Waals surface area contributed by atoms with Gasteiger partial charge in [0.1, 0.15) is 5.82 Å². The van der Waals surface area contributed by atoms with Crippen LogP contribution in [0, 0.1) is 11.9 Å². The third-order valence-electron chi connectivity index (χ3n) is 1.77. The molecule has 0 aliphatic carbocycles. The Morgan fingerprint density at radius 1 is 1.46 bits per heavy atom. The van der Waals surface area contributed by atoms with E-state index < -0.39 is 5.82 Å². The quantitative estimate of drug-likeness (QED) is 0.664. The van der Waals surface area contributed by atoms with Crippen LogP contribution in [-0.4, -0.2) is 12.1 Å². The number of nitrogens with zero attached hydrogens (tertiary/aromatic N) is 1. The topological polar surface area (TPSA) is 22.1 Å². The van der Waals surface area contributed by atoms with Crippen LogP contribution in [0.1, 0.15) is 0 Å². The summed E-state index contributed by atoms with van der Waals surface area (Å²) in [6.07, 6.45) is 0. The van der Waals surface area contributed by atoms with E-state index in [1.165, 1.54) is 13.2 Å². The van der Waals surface area contributed by atoms with Crippen LogP contribution in [0.25, 0.3) is 10.9 Å². The number of aromatic nitrogens is 1. The number of hydrogen-bond donors (Lipinski definition) is 0. The fraction of sp³-hybridized carbons (Fsp3) is 0.100. The van der Waals surface area contributed by atoms with Crippen LogP contribution >= 0.6 is 0 Å². The summed E-state index contributed by atoms with van der Waals surface area (Å²) in [4.78, 5) is 4.07. The van der Waals surface area contributed by atoms with Crippen LogP contribution in [0.2, 0.25) is 0 Å². The largest absolute Gasteiger partial charge is 0.481 e. The minimum absolute atomic E-state index is 0.409. The molecular formula is C10H7FNO. The second kappa shape index (κ2) is 3.01. The zero-order valence-corrected chi connectivity index (χ0v) is 7.04. The number of ether oxygens (including phenoxy) is 1. The second-order valence-electron chi connectivity index (χ2n) is 2.61. The molecule has 0 unspecified atom stereocenters. The molecule has 0 aliphatic heterocycles. The maximum absolute atomic E-state index is 12.7. The summed E-state index contributed by atoms with van der Waals surface area (Å²) in [5, 5.41) is 0.849. The molecule has 1 aromatic carbocycles. The molecule has 1 aromatic heterocycles. The Labute approximate surface area is 75.0 Å². The Morgan fingerprint density at radius 3 is 3.08 bits per heavy atom. The lowest BCUT2D eigenvalue weighted by Gasteiger charge is -2.00. The number of rotatable bonds is 1. The third-order valence-corrected chi connectivity index (χ3v) is 1.77. The SMILES string of the molecule is COc1ccc2c[c]c(F)cc2n1. The average molecular weight is 176 g/mol. The maximum atomic E-state index is 12.7. The van der Waals surface area contributed by atoms with Crippen LogP contribution in [0.4, 0.5) is 4.39 Å². The molecule has 1 radical (unpaired) electrons. The molecule has 0 spiro atoms. The van der Waals surface area contributed by atoms with Gasteiger partial charge in [0.05, 0.1) is 12.6 Å². The van der Waals surface area contributed by atoms with E-state index in [1.807, 2.05) is 6.07 Å². The minimum atomic E-state index is -0.409. The number of hydrogen-bond acceptors (Lipinski definition) is 2. The van der Waals surface area contributed by atoms with E-state index in [9.17, 15) is 4.39 Å². The van der Waals surface area contributed by atoms with Gasteiger partial charge in [0, 0.05) is 23.6 Å². The number of pyridine rings is 1. The lowest BCUT2D eigenvalue weighted by atomic mass is 10.2. The van der Waals surface area contributed by atoms with Crippen LogP contribution in [-0.2, 0) is 0 Å². The van der Waals surface area contributed by atoms with Crippen molar-refractivity contribution in [3.63, 3.8) is 0 Å². The van der Waals surface area contributed by atoms with Gasteiger partial charge in [0.25, 0.3) is 0 Å². The summed E-state index contributed by atoms with van der Waals surface area (Å²) < 4.78 is 17.7. The predicted molar refractivity (Wildman–Crippen MR) is 47.1 cm³/mol. The molecule has 0 aliphatic rings. The highest BCUT2D eigenvalue weighted by Crippen LogP contribution is 2.16. The van der Waals surface area contributed by atoms with Crippen LogP contribution in [0.15, 0.2) is 24.3 Å². The maximum Gasteiger partial charge on any atom is 0.213 e. The number of methoxy groups -OCH3 is 1. The molecule has 0 saturated heterocycles. The zero-order chi connectivity index (χ0) is 9.26. The summed E-state index contributed by atoms with van der Waals surface area (Å²) in [5.74, 6) is 0.0753. The van der Waals surface area contributed by atoms with E-state index in [1.54, 1.807) is 12.1 Å². The first-order chi connectivity index (χ1) is 6.29. The van der Waals surface area contributed by atoms with Gasteiger partial charge in [-0.05, 0) is 12.1 Å². The fourth-order valence-corrected chi connectivity index (χ4v) is 1.13. The summed E-state index contributed by atoms with van der Waals surface area (Å²) >= 11 is 0. The first-order valence-electron chi connectivity index (χ1n) is 3.81. The normalized spacial score (nSPS) is 10.3. The molecule has 0 saturated carbocycles. The van der Waals surface area contributed by atoms with E-state index in [-0.39, 0.29) is 0 Å². The summed E-state index contributed by atoms with van der Waals surface area (Å²) in [6, 6.07) is 8.91. The van der Waals surface area contributed by atoms with Gasteiger partial charge in [0.2, 0.25) is 5.88 Å². The number of fused-ring (bicyclic) bond motifs is 1. The Balaban J connectivity index is 2.68. The van der Waals surface area contributed by atoms with Crippen molar-refractivity contribution in [2.45, 2.75) is 0 Å². The smallest absolute Gasteiger partial charge is 0.213 e. The fourth-order valence-electron chi connectivity index (χ4n) is 1.13. The van der Waals surface area contributed by atoms with Crippen molar-refractivity contribution < 1.29 is 9.13 Å². The molecule has 65 valence electrons. The van der Waals surface area contributed by atoms with Gasteiger partial charge >= 0.3 is 0 Å². The Hall–Kier alpha value is -1.64. The van der Waals surface area contributed by atoms with Crippen molar-refractivity contribution in [3.05, 3.63) is 36.1 Å². The highest BCUT2D eigenvalue weighted by Gasteiger charge is 1.99. The van der Waals surface area contributed by atoms with Gasteiger partial charge in [-0.15, -0.1) is 0 Å². The van der Waals surface area contributed by atoms with E-state index in [0.29, 0.717) is 11.4 Å². The van der Waals surface area contributed by atoms with Crippen molar-refractivity contribution in [1.29, 1.82) is 0 Å². The first-order valence-corrected chi connectivity index (χ1v) is 3.81. The standard InChI is InChI=1S/C10H7FNO/c1-13-10-5-3-7-2-4-8(11)6-9(7)12-10/h2-3,5-6H,1H3. The second-order valence-corrected chi connectivity index (χ2v) is 2.61. The van der Waals surface area contributed by atoms with Gasteiger partial charge < -0.3 is 4.74 Å². The summed E-state index contributed by atoms with van der Waals surface area (Å²) in [7, 11) is 1.53. The molecule has 0 bridgehead atoms. The molecule has 2 aromatic rings. The van der Waals surface area contributed by atoms with E-state index >= 15 is 0 Å². The van der Waals surface area contributed by atoms with E-state index in [2.05, 4.69) is 11.1 Å². The monoisotopic (exact) mass is 176 g/mol. The first kappa shape index (κ1) is 7.98. The van der Waals surface area contributed by atoms with Gasteiger partial charge in [0.15, 0.2) is 0 Å². The zero-order valence-electron chi connectivity index (χ0n) is 7.04. The molecule has 0 N–H and O–H groups in total. The summed E-state index contributed by atoms with van der Waals surface area (Å²) in [5.41, 5.74) is 0.579. The molecular weight excluding hydrogens is 169 g/mol. The molecule has 13 heavy (non-hydrogen) atoms. The lowest BCUT2D eigenvalue weighted by Crippen LogP contribution is -1.88. The third kappa shape index (κ3) is 1.45. The van der Waals surface area contributed by atoms with Crippen molar-refractivity contribution in [1.82, 2.24) is 4.98 Å². The molecule has 0 amide bonds. The molecule has 0 atom stereocenters. The summed E-state index contributed by atoms with van der Waals surface area (Å²) in [6.45, 7) is 0. The van der Waals surface area contributed by atoms with Crippen LogP contribution < -0.4 is 4.74 Å². The van der Waals surface area contributed by atoms with Gasteiger partial charge in [-0.3, -0.25) is 0 Å². The number of halogens is 1. The highest BCUT2D eigenvalue weighted by atomic mass is 19.1. The molecule has 2 nitrogen and oxygen atoms in total. The predicted octanol–water partition coefficient (Wildman–Crippen LogP) is 2.18. The Bertz CT molecular complexity index is 442. The van der Waals surface area contributed by atoms with Crippen LogP contribution in [0.5, 0.6) is 5.88 Å². The van der Waals surface area contributed by atoms with E-state index in [0.717, 1.165) is 5.39 Å². The average Bonchev–Trinajstić information content (AvgIpc) is 2.16. The Kier molecular flexibility index (Phi) is 1.85. The Morgan fingerprint density at radius 2 is 2.31 bits per heavy atom. The number of benzene rings is 1. The van der Waals surface area contributed by atoms with Crippen molar-refractivity contribution in [2.24, 2.45) is 0 Å². The molecule has 1 heterocycles. The van der Waals surface area contributed by atoms with E-state index in [4.69, 9.17) is 4.74 Å². The highest BCUT2D eigenvalue weighted by molar-refractivity contribution is 5.78. The molecule has 0 fully saturated rings.